The van der Waals surface area contributed by atoms with Crippen molar-refractivity contribution in [3.8, 4) is 11.5 Å². The van der Waals surface area contributed by atoms with Crippen molar-refractivity contribution >= 4 is 34.8 Å². The van der Waals surface area contributed by atoms with Crippen molar-refractivity contribution in [2.75, 3.05) is 24.9 Å². The second-order valence-corrected chi connectivity index (χ2v) is 9.15. The molecule has 2 aromatic carbocycles. The van der Waals surface area contributed by atoms with Crippen LogP contribution in [0.25, 0.3) is 0 Å². The minimum Gasteiger partial charge on any atom is -0.497 e. The van der Waals surface area contributed by atoms with Crippen molar-refractivity contribution in [3.63, 3.8) is 0 Å². The highest BCUT2D eigenvalue weighted by Crippen LogP contribution is 2.50. The topological polar surface area (TPSA) is 88.7 Å². The number of hydrogen-bond acceptors (Lipinski definition) is 5. The first-order chi connectivity index (χ1) is 15.3. The van der Waals surface area contributed by atoms with Crippen LogP contribution in [-0.4, -0.2) is 32.1 Å². The predicted molar refractivity (Wildman–Crippen MR) is 124 cm³/mol. The summed E-state index contributed by atoms with van der Waals surface area (Å²) >= 11 is 6.37. The fraction of sp³-hybridized carbons (Fsp3) is 0.417. The molecule has 2 heterocycles. The van der Waals surface area contributed by atoms with Gasteiger partial charge >= 0.3 is 0 Å². The van der Waals surface area contributed by atoms with Gasteiger partial charge in [0.2, 0.25) is 11.8 Å². The van der Waals surface area contributed by atoms with Crippen LogP contribution in [0.4, 0.5) is 11.4 Å². The molecule has 170 valence electrons. The lowest BCUT2D eigenvalue weighted by molar-refractivity contribution is -0.130. The highest BCUT2D eigenvalue weighted by Gasteiger charge is 2.60. The molecule has 1 saturated heterocycles. The van der Waals surface area contributed by atoms with Gasteiger partial charge in [-0.05, 0) is 37.0 Å². The molecule has 8 heteroatoms. The molecule has 0 aromatic heterocycles. The first-order valence-corrected chi connectivity index (χ1v) is 11.1. The van der Waals surface area contributed by atoms with Gasteiger partial charge < -0.3 is 20.1 Å². The minimum absolute atomic E-state index is 0.00800. The average molecular weight is 458 g/mol. The number of anilines is 2. The molecule has 7 nitrogen and oxygen atoms in total. The van der Waals surface area contributed by atoms with Crippen LogP contribution in [0.15, 0.2) is 36.4 Å². The van der Waals surface area contributed by atoms with E-state index in [0.29, 0.717) is 45.8 Å². The van der Waals surface area contributed by atoms with E-state index in [1.165, 1.54) is 7.11 Å². The Hall–Kier alpha value is -2.77. The van der Waals surface area contributed by atoms with Crippen molar-refractivity contribution < 1.29 is 19.1 Å². The summed E-state index contributed by atoms with van der Waals surface area (Å²) in [6.07, 6.45) is 1.37. The molecule has 2 aliphatic heterocycles. The molecule has 3 atom stereocenters. The number of benzene rings is 2. The summed E-state index contributed by atoms with van der Waals surface area (Å²) in [5.74, 6) is 0.351. The molecule has 0 aliphatic carbocycles. The summed E-state index contributed by atoms with van der Waals surface area (Å²) in [5, 5.41) is 9.84. The molecule has 1 spiro atoms. The zero-order chi connectivity index (χ0) is 23.0. The number of para-hydroxylation sites is 1. The lowest BCUT2D eigenvalue weighted by atomic mass is 9.79. The molecular formula is C24H28ClN3O4. The molecule has 2 aromatic rings. The monoisotopic (exact) mass is 457 g/mol. The van der Waals surface area contributed by atoms with E-state index in [2.05, 4.69) is 29.8 Å². The first-order valence-electron chi connectivity index (χ1n) is 10.7. The summed E-state index contributed by atoms with van der Waals surface area (Å²) in [4.78, 5) is 27.0. The lowest BCUT2D eigenvalue weighted by Crippen LogP contribution is -2.52. The summed E-state index contributed by atoms with van der Waals surface area (Å²) in [5.41, 5.74) is 0.576. The molecule has 3 N–H and O–H groups in total. The fourth-order valence-electron chi connectivity index (χ4n) is 4.91. The molecule has 0 saturated carbocycles. The number of halogens is 1. The SMILES string of the molecule is COc1ccc(OC)c(NC(=O)[C@H]2C[C@H](CC(C)C)N[C@]23C(=O)Nc2c(Cl)cccc23)c1. The number of carbonyl (C=O) groups excluding carboxylic acids is 2. The lowest BCUT2D eigenvalue weighted by Gasteiger charge is -2.29. The summed E-state index contributed by atoms with van der Waals surface area (Å²) in [6.45, 7) is 4.25. The molecular weight excluding hydrogens is 430 g/mol. The van der Waals surface area contributed by atoms with Crippen LogP contribution in [0.3, 0.4) is 0 Å². The second-order valence-electron chi connectivity index (χ2n) is 8.74. The van der Waals surface area contributed by atoms with E-state index in [4.69, 9.17) is 21.1 Å². The maximum atomic E-state index is 13.7. The van der Waals surface area contributed by atoms with E-state index >= 15 is 0 Å². The third kappa shape index (κ3) is 3.69. The van der Waals surface area contributed by atoms with Crippen molar-refractivity contribution in [2.45, 2.75) is 38.3 Å². The molecule has 2 aliphatic rings. The van der Waals surface area contributed by atoms with E-state index in [-0.39, 0.29) is 17.9 Å². The van der Waals surface area contributed by atoms with Crippen LogP contribution < -0.4 is 25.4 Å². The highest BCUT2D eigenvalue weighted by molar-refractivity contribution is 6.35. The van der Waals surface area contributed by atoms with Crippen molar-refractivity contribution in [1.29, 1.82) is 0 Å². The van der Waals surface area contributed by atoms with Crippen LogP contribution in [0.1, 0.15) is 32.3 Å². The number of hydrogen-bond donors (Lipinski definition) is 3. The van der Waals surface area contributed by atoms with Gasteiger partial charge in [0.05, 0.1) is 36.5 Å². The number of amides is 2. The Morgan fingerprint density at radius 2 is 2.03 bits per heavy atom. The number of ether oxygens (including phenoxy) is 2. The van der Waals surface area contributed by atoms with E-state index in [1.807, 2.05) is 6.07 Å². The number of methoxy groups -OCH3 is 2. The van der Waals surface area contributed by atoms with E-state index < -0.39 is 11.5 Å². The van der Waals surface area contributed by atoms with Crippen LogP contribution in [0, 0.1) is 11.8 Å². The summed E-state index contributed by atoms with van der Waals surface area (Å²) in [7, 11) is 3.10. The fourth-order valence-corrected chi connectivity index (χ4v) is 5.13. The third-order valence-electron chi connectivity index (χ3n) is 6.25. The number of fused-ring (bicyclic) bond motifs is 2. The minimum atomic E-state index is -1.18. The molecule has 1 fully saturated rings. The van der Waals surface area contributed by atoms with Gasteiger partial charge in [0.25, 0.3) is 0 Å². The summed E-state index contributed by atoms with van der Waals surface area (Å²) < 4.78 is 10.7. The van der Waals surface area contributed by atoms with Gasteiger partial charge in [-0.25, -0.2) is 0 Å². The van der Waals surface area contributed by atoms with E-state index in [1.54, 1.807) is 37.4 Å². The van der Waals surface area contributed by atoms with Gasteiger partial charge in [0, 0.05) is 17.7 Å². The molecule has 4 rings (SSSR count). The quantitative estimate of drug-likeness (QED) is 0.606. The number of rotatable bonds is 6. The first kappa shape index (κ1) is 22.4. The zero-order valence-electron chi connectivity index (χ0n) is 18.6. The van der Waals surface area contributed by atoms with E-state index in [9.17, 15) is 9.59 Å². The van der Waals surface area contributed by atoms with Gasteiger partial charge in [-0.2, -0.15) is 0 Å². The standard InChI is InChI=1S/C24H28ClN3O4/c1-13(2)10-14-11-17(22(29)26-19-12-15(31-3)8-9-20(19)32-4)24(28-14)16-6-5-7-18(25)21(16)27-23(24)30/h5-9,12-14,17,28H,10-11H2,1-4H3,(H,26,29)(H,27,30)/t14-,17+,24-/m0/s1. The Morgan fingerprint density at radius 1 is 1.25 bits per heavy atom. The van der Waals surface area contributed by atoms with Crippen LogP contribution in [0.2, 0.25) is 5.02 Å². The Kier molecular flexibility index (Phi) is 6.05. The smallest absolute Gasteiger partial charge is 0.250 e. The maximum Gasteiger partial charge on any atom is 0.250 e. The van der Waals surface area contributed by atoms with Crippen molar-refractivity contribution in [3.05, 3.63) is 47.0 Å². The van der Waals surface area contributed by atoms with Gasteiger partial charge in [-0.3, -0.25) is 14.9 Å². The molecule has 2 amide bonds. The normalized spacial score (nSPS) is 23.9. The van der Waals surface area contributed by atoms with Gasteiger partial charge in [-0.1, -0.05) is 37.6 Å². The second kappa shape index (κ2) is 8.64. The highest BCUT2D eigenvalue weighted by atomic mass is 35.5. The average Bonchev–Trinajstić information content (AvgIpc) is 3.27. The number of carbonyl (C=O) groups is 2. The Labute approximate surface area is 192 Å². The van der Waals surface area contributed by atoms with Crippen LogP contribution >= 0.6 is 11.6 Å². The Balaban J connectivity index is 1.74. The predicted octanol–water partition coefficient (Wildman–Crippen LogP) is 4.17. The van der Waals surface area contributed by atoms with Gasteiger partial charge in [-0.15, -0.1) is 0 Å². The largest absolute Gasteiger partial charge is 0.497 e. The Bertz CT molecular complexity index is 1060. The van der Waals surface area contributed by atoms with Gasteiger partial charge in [0.1, 0.15) is 17.0 Å². The van der Waals surface area contributed by atoms with E-state index in [0.717, 1.165) is 6.42 Å². The molecule has 0 bridgehead atoms. The Morgan fingerprint density at radius 3 is 2.72 bits per heavy atom. The number of nitrogens with one attached hydrogen (secondary N) is 3. The zero-order valence-corrected chi connectivity index (χ0v) is 19.4. The van der Waals surface area contributed by atoms with Crippen LogP contribution in [-0.2, 0) is 15.1 Å². The third-order valence-corrected chi connectivity index (χ3v) is 6.56. The maximum absolute atomic E-state index is 13.7. The molecule has 0 unspecified atom stereocenters. The van der Waals surface area contributed by atoms with Crippen LogP contribution in [0.5, 0.6) is 11.5 Å². The van der Waals surface area contributed by atoms with Crippen molar-refractivity contribution in [1.82, 2.24) is 5.32 Å². The molecule has 32 heavy (non-hydrogen) atoms. The summed E-state index contributed by atoms with van der Waals surface area (Å²) in [6, 6.07) is 10.6. The van der Waals surface area contributed by atoms with Crippen molar-refractivity contribution in [2.24, 2.45) is 11.8 Å². The molecule has 0 radical (unpaired) electrons. The van der Waals surface area contributed by atoms with Gasteiger partial charge in [0.15, 0.2) is 0 Å².